The second-order valence-corrected chi connectivity index (χ2v) is 23.5. The van der Waals surface area contributed by atoms with Crippen molar-refractivity contribution in [1.82, 2.24) is 5.32 Å². The normalized spacial score (nSPS) is 12.7. The maximum absolute atomic E-state index is 12.4. The van der Waals surface area contributed by atoms with Crippen LogP contribution in [0.25, 0.3) is 0 Å². The summed E-state index contributed by atoms with van der Waals surface area (Å²) in [7, 11) is 0. The molecule has 76 heavy (non-hydrogen) atoms. The van der Waals surface area contributed by atoms with E-state index in [1.165, 1.54) is 295 Å². The first kappa shape index (κ1) is 74.1. The van der Waals surface area contributed by atoms with Gasteiger partial charge < -0.3 is 20.3 Å². The van der Waals surface area contributed by atoms with Gasteiger partial charge in [0.1, 0.15) is 0 Å². The number of carbonyl (C=O) groups is 2. The van der Waals surface area contributed by atoms with Crippen molar-refractivity contribution < 1.29 is 24.5 Å². The predicted octanol–water partition coefficient (Wildman–Crippen LogP) is 21.9. The van der Waals surface area contributed by atoms with E-state index in [4.69, 9.17) is 4.74 Å². The van der Waals surface area contributed by atoms with Crippen LogP contribution in [0.4, 0.5) is 0 Å². The topological polar surface area (TPSA) is 95.9 Å². The zero-order chi connectivity index (χ0) is 55.0. The molecule has 0 aromatic heterocycles. The molecule has 0 aliphatic rings. The molecular formula is C70H133NO5. The molecule has 0 aliphatic heterocycles. The Morgan fingerprint density at radius 2 is 0.658 bits per heavy atom. The number of rotatable bonds is 64. The molecule has 0 saturated carbocycles. The third-order valence-corrected chi connectivity index (χ3v) is 15.9. The second kappa shape index (κ2) is 65.6. The van der Waals surface area contributed by atoms with Crippen molar-refractivity contribution in [2.24, 2.45) is 0 Å². The smallest absolute Gasteiger partial charge is 0.305 e. The molecule has 0 fully saturated rings. The molecule has 448 valence electrons. The van der Waals surface area contributed by atoms with E-state index in [2.05, 4.69) is 43.5 Å². The average molecular weight is 1070 g/mol. The number of allylic oxidation sites excluding steroid dienone is 5. The first-order valence-electron chi connectivity index (χ1n) is 34.3. The van der Waals surface area contributed by atoms with Gasteiger partial charge in [-0.3, -0.25) is 9.59 Å². The van der Waals surface area contributed by atoms with Gasteiger partial charge in [0.05, 0.1) is 25.4 Å². The van der Waals surface area contributed by atoms with Gasteiger partial charge in [-0.05, 0) is 64.2 Å². The van der Waals surface area contributed by atoms with Gasteiger partial charge in [-0.15, -0.1) is 0 Å². The van der Waals surface area contributed by atoms with Crippen LogP contribution in [0.3, 0.4) is 0 Å². The van der Waals surface area contributed by atoms with E-state index in [1.54, 1.807) is 6.08 Å². The Hall–Kier alpha value is -1.92. The fourth-order valence-electron chi connectivity index (χ4n) is 10.7. The molecule has 1 amide bonds. The molecule has 0 bridgehead atoms. The highest BCUT2D eigenvalue weighted by atomic mass is 16.5. The molecule has 2 atom stereocenters. The molecule has 6 heteroatoms. The number of hydrogen-bond donors (Lipinski definition) is 3. The molecule has 2 unspecified atom stereocenters. The molecule has 0 aromatic carbocycles. The zero-order valence-electron chi connectivity index (χ0n) is 51.3. The van der Waals surface area contributed by atoms with Gasteiger partial charge >= 0.3 is 5.97 Å². The second-order valence-electron chi connectivity index (χ2n) is 23.5. The Kier molecular flexibility index (Phi) is 63.9. The Bertz CT molecular complexity index is 1230. The van der Waals surface area contributed by atoms with Gasteiger partial charge in [0.2, 0.25) is 5.91 Å². The van der Waals surface area contributed by atoms with Crippen LogP contribution in [0.2, 0.25) is 0 Å². The molecule has 0 aliphatic carbocycles. The minimum atomic E-state index is -0.841. The fraction of sp³-hybridized carbons (Fsp3) is 0.886. The van der Waals surface area contributed by atoms with Crippen LogP contribution >= 0.6 is 0 Å². The van der Waals surface area contributed by atoms with E-state index < -0.39 is 12.1 Å². The number of esters is 1. The Morgan fingerprint density at radius 3 is 1.03 bits per heavy atom. The van der Waals surface area contributed by atoms with Gasteiger partial charge in [0, 0.05) is 12.8 Å². The summed E-state index contributed by atoms with van der Waals surface area (Å²) in [4.78, 5) is 24.6. The molecule has 0 saturated heterocycles. The predicted molar refractivity (Wildman–Crippen MR) is 333 cm³/mol. The van der Waals surface area contributed by atoms with Crippen molar-refractivity contribution in [2.75, 3.05) is 13.2 Å². The maximum atomic E-state index is 12.4. The molecule has 3 N–H and O–H groups in total. The quantitative estimate of drug-likeness (QED) is 0.0320. The van der Waals surface area contributed by atoms with Crippen LogP contribution in [-0.4, -0.2) is 47.4 Å². The number of aliphatic hydroxyl groups excluding tert-OH is 2. The van der Waals surface area contributed by atoms with Crippen molar-refractivity contribution >= 4 is 11.9 Å². The summed E-state index contributed by atoms with van der Waals surface area (Å²) in [5.41, 5.74) is 0. The van der Waals surface area contributed by atoms with Crippen LogP contribution < -0.4 is 5.32 Å². The van der Waals surface area contributed by atoms with E-state index in [9.17, 15) is 19.8 Å². The van der Waals surface area contributed by atoms with E-state index >= 15 is 0 Å². The van der Waals surface area contributed by atoms with E-state index in [0.717, 1.165) is 51.4 Å². The van der Waals surface area contributed by atoms with Crippen molar-refractivity contribution in [1.29, 1.82) is 0 Å². The maximum Gasteiger partial charge on any atom is 0.305 e. The van der Waals surface area contributed by atoms with Crippen molar-refractivity contribution in [3.8, 4) is 0 Å². The lowest BCUT2D eigenvalue weighted by molar-refractivity contribution is -0.143. The van der Waals surface area contributed by atoms with Gasteiger partial charge in [0.15, 0.2) is 0 Å². The standard InChI is InChI=1S/C70H133NO5/c1-3-5-7-9-11-13-15-17-18-19-30-34-37-40-44-48-52-56-60-64-70(75)76-65-61-57-53-49-45-41-38-35-32-29-27-25-23-21-20-22-24-26-28-31-33-36-39-43-47-51-55-59-63-69(74)71-67(66-72)68(73)62-58-54-50-46-42-16-14-12-10-8-6-4-2/h11,13,17-18,58,62,67-68,72-73H,3-10,12,14-16,19-57,59-61,63-66H2,1-2H3,(H,71,74)/b13-11-,18-17-,62-58+. The first-order valence-corrected chi connectivity index (χ1v) is 34.3. The molecule has 0 rings (SSSR count). The molecule has 0 radical (unpaired) electrons. The summed E-state index contributed by atoms with van der Waals surface area (Å²) in [5.74, 6) is -0.0494. The lowest BCUT2D eigenvalue weighted by Gasteiger charge is -2.20. The Morgan fingerprint density at radius 1 is 0.368 bits per heavy atom. The van der Waals surface area contributed by atoms with Crippen LogP contribution in [0, 0.1) is 0 Å². The molecule has 0 aromatic rings. The number of amides is 1. The zero-order valence-corrected chi connectivity index (χ0v) is 51.3. The third-order valence-electron chi connectivity index (χ3n) is 15.9. The SMILES string of the molecule is CCCCC/C=C\C/C=C\CCCCCCCCCCCC(=O)OCCCCCCCCCCCCCCCCCCCCCCCCCCCCCCC(=O)NC(CO)C(O)/C=C/CCCCCCCCCCCC. The van der Waals surface area contributed by atoms with Crippen LogP contribution in [-0.2, 0) is 14.3 Å². The van der Waals surface area contributed by atoms with Gasteiger partial charge in [-0.25, -0.2) is 0 Å². The number of hydrogen-bond acceptors (Lipinski definition) is 5. The Labute approximate surface area is 474 Å². The summed E-state index contributed by atoms with van der Waals surface area (Å²) < 4.78 is 5.51. The van der Waals surface area contributed by atoms with Crippen LogP contribution in [0.5, 0.6) is 0 Å². The minimum absolute atomic E-state index is 0.0149. The number of carbonyl (C=O) groups excluding carboxylic acids is 2. The number of ether oxygens (including phenoxy) is 1. The fourth-order valence-corrected chi connectivity index (χ4v) is 10.7. The lowest BCUT2D eigenvalue weighted by Crippen LogP contribution is -2.45. The van der Waals surface area contributed by atoms with Gasteiger partial charge in [-0.2, -0.15) is 0 Å². The van der Waals surface area contributed by atoms with E-state index in [-0.39, 0.29) is 18.5 Å². The van der Waals surface area contributed by atoms with E-state index in [1.807, 2.05) is 6.08 Å². The molecule has 0 spiro atoms. The summed E-state index contributed by atoms with van der Waals surface area (Å²) in [6.07, 6.45) is 83.6. The third kappa shape index (κ3) is 61.3. The molecule has 6 nitrogen and oxygen atoms in total. The number of unbranched alkanes of at least 4 members (excludes halogenated alkanes) is 49. The first-order chi connectivity index (χ1) is 37.5. The summed E-state index contributed by atoms with van der Waals surface area (Å²) >= 11 is 0. The van der Waals surface area contributed by atoms with Crippen molar-refractivity contribution in [2.45, 2.75) is 386 Å². The van der Waals surface area contributed by atoms with Gasteiger partial charge in [0.25, 0.3) is 0 Å². The van der Waals surface area contributed by atoms with E-state index in [0.29, 0.717) is 19.4 Å². The highest BCUT2D eigenvalue weighted by Crippen LogP contribution is 2.18. The monoisotopic (exact) mass is 1070 g/mol. The largest absolute Gasteiger partial charge is 0.466 e. The van der Waals surface area contributed by atoms with Crippen LogP contribution in [0.1, 0.15) is 373 Å². The van der Waals surface area contributed by atoms with Crippen molar-refractivity contribution in [3.63, 3.8) is 0 Å². The van der Waals surface area contributed by atoms with Gasteiger partial charge in [-0.1, -0.05) is 333 Å². The summed E-state index contributed by atoms with van der Waals surface area (Å²) in [6, 6.07) is -0.624. The lowest BCUT2D eigenvalue weighted by atomic mass is 10.0. The minimum Gasteiger partial charge on any atom is -0.466 e. The summed E-state index contributed by atoms with van der Waals surface area (Å²) in [5, 5.41) is 23.1. The summed E-state index contributed by atoms with van der Waals surface area (Å²) in [6.45, 7) is 4.89. The van der Waals surface area contributed by atoms with Crippen molar-refractivity contribution in [3.05, 3.63) is 36.5 Å². The number of nitrogens with one attached hydrogen (secondary N) is 1. The molecule has 0 heterocycles. The number of aliphatic hydroxyl groups is 2. The average Bonchev–Trinajstić information content (AvgIpc) is 3.42. The molecular weight excluding hydrogens is 935 g/mol. The Balaban J connectivity index is 3.33. The highest BCUT2D eigenvalue weighted by molar-refractivity contribution is 5.76. The highest BCUT2D eigenvalue weighted by Gasteiger charge is 2.18. The van der Waals surface area contributed by atoms with Crippen LogP contribution in [0.15, 0.2) is 36.5 Å².